The predicted molar refractivity (Wildman–Crippen MR) is 94.4 cm³/mol. The first-order valence-corrected chi connectivity index (χ1v) is 11.1. The maximum atomic E-state index is 5.63. The molecule has 0 heterocycles. The van der Waals surface area contributed by atoms with E-state index in [1.54, 1.807) is 0 Å². The Bertz CT molecular complexity index is 573. The number of hydrogen-bond acceptors (Lipinski definition) is 2. The van der Waals surface area contributed by atoms with Gasteiger partial charge in [-0.1, -0.05) is 61.2 Å². The van der Waals surface area contributed by atoms with Gasteiger partial charge in [0.05, 0.1) is 20.4 Å². The van der Waals surface area contributed by atoms with E-state index in [0.717, 1.165) is 18.0 Å². The van der Waals surface area contributed by atoms with E-state index in [2.05, 4.69) is 55.3 Å². The third-order valence-electron chi connectivity index (χ3n) is 3.49. The molecule has 0 amide bonds. The van der Waals surface area contributed by atoms with Crippen LogP contribution in [0.5, 0.6) is 5.75 Å². The van der Waals surface area contributed by atoms with Gasteiger partial charge >= 0.3 is 0 Å². The second-order valence-corrected chi connectivity index (χ2v) is 11.3. The Hall–Kier alpha value is -1.74. The van der Waals surface area contributed by atoms with E-state index in [9.17, 15) is 0 Å². The highest BCUT2D eigenvalue weighted by molar-refractivity contribution is 6.88. The molecule has 0 saturated carbocycles. The Morgan fingerprint density at radius 3 is 2.24 bits per heavy atom. The molecule has 0 aliphatic heterocycles. The van der Waals surface area contributed by atoms with Crippen molar-refractivity contribution in [2.24, 2.45) is 0 Å². The van der Waals surface area contributed by atoms with Crippen LogP contribution < -0.4 is 15.2 Å². The number of para-hydroxylation sites is 2. The molecular weight excluding hydrogens is 274 g/mol. The molecule has 0 radical (unpaired) electrons. The Balaban J connectivity index is 2.03. The molecule has 21 heavy (non-hydrogen) atoms. The zero-order valence-electron chi connectivity index (χ0n) is 13.4. The number of ether oxygens (including phenoxy) is 1. The summed E-state index contributed by atoms with van der Waals surface area (Å²) in [5, 5.41) is 4.96. The summed E-state index contributed by atoms with van der Waals surface area (Å²) in [6.07, 6.45) is 0. The van der Waals surface area contributed by atoms with Gasteiger partial charge in [-0.25, -0.2) is 0 Å². The van der Waals surface area contributed by atoms with Crippen molar-refractivity contribution >= 4 is 18.9 Å². The molecule has 2 aromatic rings. The quantitative estimate of drug-likeness (QED) is 0.805. The highest BCUT2D eigenvalue weighted by atomic mass is 28.3. The fourth-order valence-electron chi connectivity index (χ4n) is 2.21. The summed E-state index contributed by atoms with van der Waals surface area (Å²) in [5.41, 5.74) is 2.34. The van der Waals surface area contributed by atoms with Gasteiger partial charge in [0.2, 0.25) is 0 Å². The minimum atomic E-state index is -1.20. The van der Waals surface area contributed by atoms with Crippen LogP contribution in [0.4, 0.5) is 5.69 Å². The van der Waals surface area contributed by atoms with Crippen LogP contribution >= 0.6 is 0 Å². The molecule has 0 aliphatic rings. The van der Waals surface area contributed by atoms with Crippen molar-refractivity contribution in [2.75, 3.05) is 11.9 Å². The number of anilines is 1. The largest absolute Gasteiger partial charge is 0.492 e. The van der Waals surface area contributed by atoms with Gasteiger partial charge in [-0.15, -0.1) is 0 Å². The van der Waals surface area contributed by atoms with Crippen LogP contribution in [0.1, 0.15) is 12.5 Å². The standard InChI is InChI=1S/C18H25NOSi/c1-5-20-18-9-7-6-8-17(18)19-14-15-10-12-16(13-11-15)21(2,3)4/h6-13,19H,5,14H2,1-4H3. The van der Waals surface area contributed by atoms with Crippen LogP contribution in [-0.2, 0) is 6.54 Å². The van der Waals surface area contributed by atoms with Gasteiger partial charge in [0.15, 0.2) is 0 Å². The first kappa shape index (κ1) is 15.6. The van der Waals surface area contributed by atoms with Crippen molar-refractivity contribution < 1.29 is 4.74 Å². The molecule has 0 fully saturated rings. The third kappa shape index (κ3) is 4.36. The van der Waals surface area contributed by atoms with E-state index in [4.69, 9.17) is 4.74 Å². The van der Waals surface area contributed by atoms with Gasteiger partial charge in [-0.05, 0) is 24.6 Å². The molecule has 2 aromatic carbocycles. The first-order valence-electron chi connectivity index (χ1n) is 7.56. The average molecular weight is 299 g/mol. The van der Waals surface area contributed by atoms with Crippen LogP contribution in [0, 0.1) is 0 Å². The van der Waals surface area contributed by atoms with E-state index in [1.807, 2.05) is 25.1 Å². The van der Waals surface area contributed by atoms with Gasteiger partial charge < -0.3 is 10.1 Å². The molecule has 0 saturated heterocycles. The summed E-state index contributed by atoms with van der Waals surface area (Å²) in [6, 6.07) is 17.1. The topological polar surface area (TPSA) is 21.3 Å². The average Bonchev–Trinajstić information content (AvgIpc) is 2.46. The maximum Gasteiger partial charge on any atom is 0.142 e. The molecule has 0 bridgehead atoms. The molecule has 2 nitrogen and oxygen atoms in total. The number of nitrogens with one attached hydrogen (secondary N) is 1. The van der Waals surface area contributed by atoms with Gasteiger partial charge in [-0.3, -0.25) is 0 Å². The predicted octanol–water partition coefficient (Wildman–Crippen LogP) is 4.24. The summed E-state index contributed by atoms with van der Waals surface area (Å²) >= 11 is 0. The SMILES string of the molecule is CCOc1ccccc1NCc1ccc([Si](C)(C)C)cc1. The van der Waals surface area contributed by atoms with E-state index in [0.29, 0.717) is 6.61 Å². The van der Waals surface area contributed by atoms with Crippen molar-refractivity contribution in [1.82, 2.24) is 0 Å². The van der Waals surface area contributed by atoms with E-state index in [-0.39, 0.29) is 0 Å². The zero-order chi connectivity index (χ0) is 15.3. The number of benzene rings is 2. The Morgan fingerprint density at radius 2 is 1.62 bits per heavy atom. The summed E-state index contributed by atoms with van der Waals surface area (Å²) in [7, 11) is -1.20. The van der Waals surface area contributed by atoms with Crippen molar-refractivity contribution in [2.45, 2.75) is 33.1 Å². The fourth-order valence-corrected chi connectivity index (χ4v) is 3.38. The molecule has 0 atom stereocenters. The van der Waals surface area contributed by atoms with Crippen molar-refractivity contribution in [3.05, 3.63) is 54.1 Å². The minimum Gasteiger partial charge on any atom is -0.492 e. The smallest absolute Gasteiger partial charge is 0.142 e. The molecule has 3 heteroatoms. The summed E-state index contributed by atoms with van der Waals surface area (Å²) < 4.78 is 5.63. The molecule has 0 spiro atoms. The number of rotatable bonds is 6. The van der Waals surface area contributed by atoms with Crippen LogP contribution in [0.2, 0.25) is 19.6 Å². The Labute approximate surface area is 129 Å². The summed E-state index contributed by atoms with van der Waals surface area (Å²) in [5.74, 6) is 0.915. The highest BCUT2D eigenvalue weighted by Crippen LogP contribution is 2.24. The van der Waals surface area contributed by atoms with E-state index in [1.165, 1.54) is 10.8 Å². The first-order chi connectivity index (χ1) is 10.0. The Morgan fingerprint density at radius 1 is 0.952 bits per heavy atom. The van der Waals surface area contributed by atoms with Gasteiger partial charge in [0, 0.05) is 6.54 Å². The molecule has 2 rings (SSSR count). The van der Waals surface area contributed by atoms with Gasteiger partial charge in [0.25, 0.3) is 0 Å². The Kier molecular flexibility index (Phi) is 5.07. The van der Waals surface area contributed by atoms with Crippen molar-refractivity contribution in [1.29, 1.82) is 0 Å². The van der Waals surface area contributed by atoms with Crippen molar-refractivity contribution in [3.63, 3.8) is 0 Å². The van der Waals surface area contributed by atoms with Crippen molar-refractivity contribution in [3.8, 4) is 5.75 Å². The molecule has 0 aromatic heterocycles. The normalized spacial score (nSPS) is 11.2. The molecule has 1 N–H and O–H groups in total. The van der Waals surface area contributed by atoms with Crippen LogP contribution in [0.25, 0.3) is 0 Å². The van der Waals surface area contributed by atoms with Crippen LogP contribution in [-0.4, -0.2) is 14.7 Å². The summed E-state index contributed by atoms with van der Waals surface area (Å²) in [4.78, 5) is 0. The maximum absolute atomic E-state index is 5.63. The lowest BCUT2D eigenvalue weighted by atomic mass is 10.2. The van der Waals surface area contributed by atoms with Crippen LogP contribution in [0.15, 0.2) is 48.5 Å². The van der Waals surface area contributed by atoms with E-state index < -0.39 is 8.07 Å². The number of hydrogen-bond donors (Lipinski definition) is 1. The zero-order valence-corrected chi connectivity index (χ0v) is 14.4. The highest BCUT2D eigenvalue weighted by Gasteiger charge is 2.15. The van der Waals surface area contributed by atoms with Crippen LogP contribution in [0.3, 0.4) is 0 Å². The van der Waals surface area contributed by atoms with Gasteiger partial charge in [-0.2, -0.15) is 0 Å². The lowest BCUT2D eigenvalue weighted by Crippen LogP contribution is -2.37. The monoisotopic (exact) mass is 299 g/mol. The second-order valence-electron chi connectivity index (χ2n) is 6.23. The summed E-state index contributed by atoms with van der Waals surface area (Å²) in [6.45, 7) is 10.6. The lowest BCUT2D eigenvalue weighted by Gasteiger charge is -2.17. The fraction of sp³-hybridized carbons (Fsp3) is 0.333. The second kappa shape index (κ2) is 6.81. The molecule has 0 aliphatic carbocycles. The minimum absolute atomic E-state index is 0.684. The molecule has 0 unspecified atom stereocenters. The molecular formula is C18H25NOSi. The third-order valence-corrected chi connectivity index (χ3v) is 5.56. The van der Waals surface area contributed by atoms with E-state index >= 15 is 0 Å². The molecule has 112 valence electrons. The van der Waals surface area contributed by atoms with Gasteiger partial charge in [0.1, 0.15) is 5.75 Å². The lowest BCUT2D eigenvalue weighted by molar-refractivity contribution is 0.341.